The number of hydrogen-bond acceptors (Lipinski definition) is 4. The molecule has 1 saturated heterocycles. The number of fused-ring (bicyclic) bond motifs is 1. The van der Waals surface area contributed by atoms with Crippen LogP contribution in [0.15, 0.2) is 24.3 Å². The summed E-state index contributed by atoms with van der Waals surface area (Å²) >= 11 is 0. The number of benzene rings is 1. The molecule has 2 amide bonds. The van der Waals surface area contributed by atoms with Gasteiger partial charge in [-0.25, -0.2) is 4.79 Å². The fourth-order valence-electron chi connectivity index (χ4n) is 2.89. The fraction of sp³-hybridized carbons (Fsp3) is 0.500. The zero-order valence-electron chi connectivity index (χ0n) is 14.5. The summed E-state index contributed by atoms with van der Waals surface area (Å²) < 4.78 is 11.0. The number of nitrogens with one attached hydrogen (secondary N) is 2. The highest BCUT2D eigenvalue weighted by atomic mass is 16.5. The number of amides is 2. The Hall–Kier alpha value is -2.25. The molecule has 7 nitrogen and oxygen atoms in total. The zero-order chi connectivity index (χ0) is 17.6. The van der Waals surface area contributed by atoms with E-state index in [1.807, 2.05) is 31.2 Å². The number of urea groups is 1. The van der Waals surface area contributed by atoms with E-state index in [-0.39, 0.29) is 12.6 Å². The van der Waals surface area contributed by atoms with E-state index in [1.54, 1.807) is 4.90 Å². The lowest BCUT2D eigenvalue weighted by Gasteiger charge is -2.27. The molecular weight excluding hydrogens is 322 g/mol. The van der Waals surface area contributed by atoms with Crippen LogP contribution < -0.4 is 10.1 Å². The molecule has 1 fully saturated rings. The number of H-pyrrole nitrogens is 1. The highest BCUT2D eigenvalue weighted by Gasteiger charge is 2.16. The summed E-state index contributed by atoms with van der Waals surface area (Å²) in [4.78, 5) is 16.9. The van der Waals surface area contributed by atoms with Gasteiger partial charge in [0, 0.05) is 36.2 Å². The van der Waals surface area contributed by atoms with E-state index in [2.05, 4.69) is 10.3 Å². The van der Waals surface area contributed by atoms with Gasteiger partial charge < -0.3 is 29.8 Å². The number of ether oxygens (including phenoxy) is 2. The molecule has 1 aromatic heterocycles. The number of carbonyl (C=O) groups is 1. The predicted molar refractivity (Wildman–Crippen MR) is 94.9 cm³/mol. The SMILES string of the molecule is Cc1cc2c(OC[C@@H](O)CCNC(=O)N3CCOCC3)cccc2[nH]1. The van der Waals surface area contributed by atoms with Crippen LogP contribution in [-0.2, 0) is 4.74 Å². The third-order valence-electron chi connectivity index (χ3n) is 4.24. The maximum Gasteiger partial charge on any atom is 0.317 e. The Balaban J connectivity index is 1.41. The molecule has 1 aliphatic rings. The largest absolute Gasteiger partial charge is 0.490 e. The van der Waals surface area contributed by atoms with Crippen molar-refractivity contribution in [2.24, 2.45) is 0 Å². The molecule has 1 aromatic carbocycles. The molecule has 3 rings (SSSR count). The van der Waals surface area contributed by atoms with Gasteiger partial charge in [-0.3, -0.25) is 0 Å². The molecule has 2 aromatic rings. The normalized spacial score (nSPS) is 16.0. The molecule has 0 radical (unpaired) electrons. The van der Waals surface area contributed by atoms with Crippen molar-refractivity contribution in [3.8, 4) is 5.75 Å². The molecule has 0 saturated carbocycles. The minimum atomic E-state index is -0.639. The number of hydrogen-bond donors (Lipinski definition) is 3. The Morgan fingerprint density at radius 3 is 3.04 bits per heavy atom. The molecule has 1 atom stereocenters. The monoisotopic (exact) mass is 347 g/mol. The number of carbonyl (C=O) groups excluding carboxylic acids is 1. The van der Waals surface area contributed by atoms with Gasteiger partial charge in [0.2, 0.25) is 0 Å². The third-order valence-corrected chi connectivity index (χ3v) is 4.24. The van der Waals surface area contributed by atoms with Crippen LogP contribution in [-0.4, -0.2) is 66.6 Å². The van der Waals surface area contributed by atoms with Gasteiger partial charge in [-0.05, 0) is 31.5 Å². The van der Waals surface area contributed by atoms with Crippen LogP contribution in [0.5, 0.6) is 5.75 Å². The molecule has 0 aliphatic carbocycles. The second-order valence-electron chi connectivity index (χ2n) is 6.25. The molecule has 2 heterocycles. The molecule has 1 aliphatic heterocycles. The van der Waals surface area contributed by atoms with E-state index in [0.29, 0.717) is 39.3 Å². The molecular formula is C18H25N3O4. The van der Waals surface area contributed by atoms with E-state index in [1.165, 1.54) is 0 Å². The van der Waals surface area contributed by atoms with Gasteiger partial charge in [0.05, 0.1) is 19.3 Å². The predicted octanol–water partition coefficient (Wildman–Crippen LogP) is 1.65. The average molecular weight is 347 g/mol. The Bertz CT molecular complexity index is 709. The van der Waals surface area contributed by atoms with Crippen molar-refractivity contribution < 1.29 is 19.4 Å². The third kappa shape index (κ3) is 4.64. The molecule has 0 unspecified atom stereocenters. The van der Waals surface area contributed by atoms with Crippen molar-refractivity contribution in [1.29, 1.82) is 0 Å². The standard InChI is InChI=1S/C18H25N3O4/c1-13-11-15-16(20-13)3-2-4-17(15)25-12-14(22)5-6-19-18(23)21-7-9-24-10-8-21/h2-4,11,14,20,22H,5-10,12H2,1H3,(H,19,23)/t14-/m0/s1. The Labute approximate surface area is 146 Å². The van der Waals surface area contributed by atoms with Crippen LogP contribution in [0.3, 0.4) is 0 Å². The lowest BCUT2D eigenvalue weighted by atomic mass is 10.2. The first-order chi connectivity index (χ1) is 12.1. The number of aliphatic hydroxyl groups is 1. The number of morpholine rings is 1. The smallest absolute Gasteiger partial charge is 0.317 e. The number of aryl methyl sites for hydroxylation is 1. The minimum Gasteiger partial charge on any atom is -0.490 e. The Morgan fingerprint density at radius 1 is 1.44 bits per heavy atom. The van der Waals surface area contributed by atoms with Crippen molar-refractivity contribution in [3.05, 3.63) is 30.0 Å². The van der Waals surface area contributed by atoms with Crippen LogP contribution in [0.1, 0.15) is 12.1 Å². The first kappa shape index (κ1) is 17.6. The van der Waals surface area contributed by atoms with E-state index in [0.717, 1.165) is 22.3 Å². The van der Waals surface area contributed by atoms with Gasteiger partial charge in [0.15, 0.2) is 0 Å². The molecule has 0 bridgehead atoms. The number of aromatic nitrogens is 1. The second kappa shape index (κ2) is 8.22. The lowest BCUT2D eigenvalue weighted by Crippen LogP contribution is -2.46. The molecule has 3 N–H and O–H groups in total. The van der Waals surface area contributed by atoms with Crippen molar-refractivity contribution in [1.82, 2.24) is 15.2 Å². The fourth-order valence-corrected chi connectivity index (χ4v) is 2.89. The Kier molecular flexibility index (Phi) is 5.78. The van der Waals surface area contributed by atoms with Crippen molar-refractivity contribution in [2.75, 3.05) is 39.5 Å². The van der Waals surface area contributed by atoms with Gasteiger partial charge in [0.25, 0.3) is 0 Å². The number of aromatic amines is 1. The zero-order valence-corrected chi connectivity index (χ0v) is 14.5. The van der Waals surface area contributed by atoms with E-state index < -0.39 is 6.10 Å². The maximum atomic E-state index is 12.0. The average Bonchev–Trinajstić information content (AvgIpc) is 3.01. The summed E-state index contributed by atoms with van der Waals surface area (Å²) in [7, 11) is 0. The molecule has 136 valence electrons. The first-order valence-corrected chi connectivity index (χ1v) is 8.63. The van der Waals surface area contributed by atoms with Crippen LogP contribution in [0.2, 0.25) is 0 Å². The quantitative estimate of drug-likeness (QED) is 0.741. The number of rotatable bonds is 6. The summed E-state index contributed by atoms with van der Waals surface area (Å²) in [5, 5.41) is 13.9. The minimum absolute atomic E-state index is 0.107. The maximum absolute atomic E-state index is 12.0. The van der Waals surface area contributed by atoms with Crippen LogP contribution in [0.25, 0.3) is 10.9 Å². The van der Waals surface area contributed by atoms with Gasteiger partial charge >= 0.3 is 6.03 Å². The summed E-state index contributed by atoms with van der Waals surface area (Å²) in [5.74, 6) is 0.748. The van der Waals surface area contributed by atoms with Crippen molar-refractivity contribution >= 4 is 16.9 Å². The van der Waals surface area contributed by atoms with E-state index >= 15 is 0 Å². The first-order valence-electron chi connectivity index (χ1n) is 8.63. The van der Waals surface area contributed by atoms with Crippen LogP contribution in [0.4, 0.5) is 4.79 Å². The van der Waals surface area contributed by atoms with Gasteiger partial charge in [-0.15, -0.1) is 0 Å². The van der Waals surface area contributed by atoms with Crippen LogP contribution >= 0.6 is 0 Å². The summed E-state index contributed by atoms with van der Waals surface area (Å²) in [6.45, 7) is 4.97. The number of nitrogens with zero attached hydrogens (tertiary/aromatic N) is 1. The van der Waals surface area contributed by atoms with Crippen molar-refractivity contribution in [3.63, 3.8) is 0 Å². The summed E-state index contributed by atoms with van der Waals surface area (Å²) in [6.07, 6.45) is -0.196. The second-order valence-corrected chi connectivity index (χ2v) is 6.25. The molecule has 25 heavy (non-hydrogen) atoms. The van der Waals surface area contributed by atoms with E-state index in [9.17, 15) is 9.90 Å². The van der Waals surface area contributed by atoms with Gasteiger partial charge in [-0.1, -0.05) is 6.07 Å². The Morgan fingerprint density at radius 2 is 2.24 bits per heavy atom. The highest BCUT2D eigenvalue weighted by molar-refractivity contribution is 5.86. The summed E-state index contributed by atoms with van der Waals surface area (Å²) in [5.41, 5.74) is 2.08. The van der Waals surface area contributed by atoms with Crippen molar-refractivity contribution in [2.45, 2.75) is 19.4 Å². The topological polar surface area (TPSA) is 86.8 Å². The van der Waals surface area contributed by atoms with Gasteiger partial charge in [0.1, 0.15) is 12.4 Å². The van der Waals surface area contributed by atoms with E-state index in [4.69, 9.17) is 9.47 Å². The van der Waals surface area contributed by atoms with Gasteiger partial charge in [-0.2, -0.15) is 0 Å². The molecule has 0 spiro atoms. The van der Waals surface area contributed by atoms with Crippen LogP contribution in [0, 0.1) is 6.92 Å². The highest BCUT2D eigenvalue weighted by Crippen LogP contribution is 2.26. The summed E-state index contributed by atoms with van der Waals surface area (Å²) in [6, 6.07) is 7.72. The molecule has 7 heteroatoms. The lowest BCUT2D eigenvalue weighted by molar-refractivity contribution is 0.0525. The number of aliphatic hydroxyl groups excluding tert-OH is 1.